The van der Waals surface area contributed by atoms with Gasteiger partial charge in [-0.1, -0.05) is 6.08 Å². The van der Waals surface area contributed by atoms with Crippen LogP contribution < -0.4 is 0 Å². The van der Waals surface area contributed by atoms with Gasteiger partial charge in [0.05, 0.1) is 0 Å². The Bertz CT molecular complexity index is 515. The Balaban J connectivity index is 2.76. The van der Waals surface area contributed by atoms with Crippen LogP contribution in [0.3, 0.4) is 0 Å². The molecule has 0 spiro atoms. The van der Waals surface area contributed by atoms with Crippen LogP contribution in [-0.4, -0.2) is 23.5 Å². The maximum atomic E-state index is 11.3. The number of carbonyl (C=O) groups is 2. The largest absolute Gasteiger partial charge is 0.508 e. The number of hydrogen-bond acceptors (Lipinski definition) is 4. The van der Waals surface area contributed by atoms with Gasteiger partial charge in [-0.2, -0.15) is 0 Å². The number of rotatable bonds is 5. The van der Waals surface area contributed by atoms with Crippen molar-refractivity contribution in [1.82, 2.24) is 0 Å². The summed E-state index contributed by atoms with van der Waals surface area (Å²) in [5.74, 6) is -0.211. The molecule has 19 heavy (non-hydrogen) atoms. The summed E-state index contributed by atoms with van der Waals surface area (Å²) in [6.07, 6.45) is 2.35. The molecule has 4 nitrogen and oxygen atoms in total. The third-order valence-corrected chi connectivity index (χ3v) is 2.66. The van der Waals surface area contributed by atoms with Crippen molar-refractivity contribution in [3.8, 4) is 5.75 Å². The van der Waals surface area contributed by atoms with Crippen molar-refractivity contribution in [2.45, 2.75) is 27.2 Å². The van der Waals surface area contributed by atoms with Gasteiger partial charge >= 0.3 is 5.97 Å². The number of phenols is 1. The van der Waals surface area contributed by atoms with Crippen LogP contribution in [0.4, 0.5) is 0 Å². The first-order chi connectivity index (χ1) is 8.90. The minimum Gasteiger partial charge on any atom is -0.508 e. The van der Waals surface area contributed by atoms with Crippen LogP contribution in [-0.2, 0) is 16.0 Å². The zero-order valence-corrected chi connectivity index (χ0v) is 11.4. The molecule has 0 amide bonds. The number of allylic oxidation sites excluding steroid dienone is 1. The molecule has 1 N–H and O–H groups in total. The van der Waals surface area contributed by atoms with Crippen molar-refractivity contribution in [2.75, 3.05) is 6.61 Å². The fraction of sp³-hybridized carbons (Fsp3) is 0.333. The van der Waals surface area contributed by atoms with Gasteiger partial charge in [0.1, 0.15) is 12.4 Å². The van der Waals surface area contributed by atoms with E-state index in [-0.39, 0.29) is 24.1 Å². The first-order valence-corrected chi connectivity index (χ1v) is 6.02. The molecule has 0 bridgehead atoms. The third-order valence-electron chi connectivity index (χ3n) is 2.66. The van der Waals surface area contributed by atoms with E-state index in [0.29, 0.717) is 17.5 Å². The summed E-state index contributed by atoms with van der Waals surface area (Å²) >= 11 is 0. The highest BCUT2D eigenvalue weighted by Crippen LogP contribution is 2.20. The summed E-state index contributed by atoms with van der Waals surface area (Å²) < 4.78 is 4.86. The molecule has 0 heterocycles. The van der Waals surface area contributed by atoms with Crippen molar-refractivity contribution in [2.24, 2.45) is 0 Å². The summed E-state index contributed by atoms with van der Waals surface area (Å²) in [6.45, 7) is 4.92. The van der Waals surface area contributed by atoms with Gasteiger partial charge in [-0.15, -0.1) is 0 Å². The number of ether oxygens (including phenoxy) is 1. The second kappa shape index (κ2) is 6.73. The van der Waals surface area contributed by atoms with E-state index in [4.69, 9.17) is 4.74 Å². The van der Waals surface area contributed by atoms with Crippen LogP contribution in [0.5, 0.6) is 5.75 Å². The fourth-order valence-electron chi connectivity index (χ4n) is 1.53. The molecule has 0 aliphatic heterocycles. The van der Waals surface area contributed by atoms with Crippen molar-refractivity contribution < 1.29 is 19.4 Å². The smallest absolute Gasteiger partial charge is 0.302 e. The van der Waals surface area contributed by atoms with E-state index in [1.807, 2.05) is 13.0 Å². The van der Waals surface area contributed by atoms with Crippen LogP contribution in [0, 0.1) is 0 Å². The first-order valence-electron chi connectivity index (χ1n) is 6.02. The highest BCUT2D eigenvalue weighted by atomic mass is 16.5. The number of hydrogen-bond donors (Lipinski definition) is 1. The lowest BCUT2D eigenvalue weighted by atomic mass is 10.0. The van der Waals surface area contributed by atoms with E-state index in [2.05, 4.69) is 0 Å². The van der Waals surface area contributed by atoms with Gasteiger partial charge in [-0.3, -0.25) is 9.59 Å². The summed E-state index contributed by atoms with van der Waals surface area (Å²) in [6, 6.07) is 4.78. The highest BCUT2D eigenvalue weighted by Gasteiger charge is 2.05. The van der Waals surface area contributed by atoms with Crippen molar-refractivity contribution in [3.05, 3.63) is 41.0 Å². The monoisotopic (exact) mass is 262 g/mol. The van der Waals surface area contributed by atoms with Gasteiger partial charge in [-0.05, 0) is 49.6 Å². The maximum Gasteiger partial charge on any atom is 0.302 e. The maximum absolute atomic E-state index is 11.3. The molecule has 0 aromatic heterocycles. The molecule has 0 radical (unpaired) electrons. The minimum atomic E-state index is -0.325. The van der Waals surface area contributed by atoms with Crippen molar-refractivity contribution >= 4 is 11.8 Å². The average molecular weight is 262 g/mol. The molecule has 0 aliphatic rings. The molecule has 1 aromatic rings. The molecular formula is C15H18O4. The molecule has 1 aromatic carbocycles. The number of esters is 1. The van der Waals surface area contributed by atoms with Gasteiger partial charge in [0.25, 0.3) is 0 Å². The number of phenolic OH excluding ortho intramolecular Hbond substituents is 1. The van der Waals surface area contributed by atoms with Gasteiger partial charge in [0, 0.05) is 12.5 Å². The van der Waals surface area contributed by atoms with E-state index in [1.54, 1.807) is 12.1 Å². The van der Waals surface area contributed by atoms with Gasteiger partial charge in [-0.25, -0.2) is 0 Å². The summed E-state index contributed by atoms with van der Waals surface area (Å²) in [7, 11) is 0. The van der Waals surface area contributed by atoms with Crippen LogP contribution in [0.15, 0.2) is 29.8 Å². The summed E-state index contributed by atoms with van der Waals surface area (Å²) in [5.41, 5.74) is 2.14. The lowest BCUT2D eigenvalue weighted by Gasteiger charge is -2.05. The first kappa shape index (κ1) is 15.0. The Morgan fingerprint density at radius 2 is 1.95 bits per heavy atom. The Morgan fingerprint density at radius 1 is 1.26 bits per heavy atom. The standard InChI is InChI=1S/C15H18O4/c1-10(9-19-12(3)17)4-5-14-8-13(11(2)16)6-7-15(14)18/h4,6-8,18H,5,9H2,1-3H3. The quantitative estimate of drug-likeness (QED) is 0.503. The lowest BCUT2D eigenvalue weighted by Crippen LogP contribution is -2.01. The minimum absolute atomic E-state index is 0.0399. The zero-order chi connectivity index (χ0) is 14.4. The van der Waals surface area contributed by atoms with E-state index in [9.17, 15) is 14.7 Å². The van der Waals surface area contributed by atoms with E-state index in [1.165, 1.54) is 19.9 Å². The molecule has 0 atom stereocenters. The summed E-state index contributed by atoms with van der Waals surface area (Å²) in [5, 5.41) is 9.72. The van der Waals surface area contributed by atoms with Gasteiger partial charge in [0.15, 0.2) is 5.78 Å². The van der Waals surface area contributed by atoms with Gasteiger partial charge < -0.3 is 9.84 Å². The van der Waals surface area contributed by atoms with Crippen molar-refractivity contribution in [1.29, 1.82) is 0 Å². The highest BCUT2D eigenvalue weighted by molar-refractivity contribution is 5.94. The Hall–Kier alpha value is -2.10. The number of ketones is 1. The normalized spacial score (nSPS) is 11.2. The molecule has 0 unspecified atom stereocenters. The molecule has 0 aliphatic carbocycles. The Kier molecular flexibility index (Phi) is 5.30. The topological polar surface area (TPSA) is 63.6 Å². The fourth-order valence-corrected chi connectivity index (χ4v) is 1.53. The summed E-state index contributed by atoms with van der Waals surface area (Å²) in [4.78, 5) is 21.9. The zero-order valence-electron chi connectivity index (χ0n) is 11.4. The van der Waals surface area contributed by atoms with Crippen LogP contribution in [0.25, 0.3) is 0 Å². The Labute approximate surface area is 112 Å². The predicted molar refractivity (Wildman–Crippen MR) is 72.2 cm³/mol. The number of benzene rings is 1. The second-order valence-electron chi connectivity index (χ2n) is 4.43. The molecule has 4 heteroatoms. The van der Waals surface area contributed by atoms with Crippen LogP contribution in [0.1, 0.15) is 36.7 Å². The SMILES string of the molecule is CC(=O)OCC(C)=CCc1cc(C(C)=O)ccc1O. The molecule has 1 rings (SSSR count). The third kappa shape index (κ3) is 4.95. The number of Topliss-reactive ketones (excluding diaryl/α,β-unsaturated/α-hetero) is 1. The lowest BCUT2D eigenvalue weighted by molar-refractivity contribution is -0.139. The second-order valence-corrected chi connectivity index (χ2v) is 4.43. The molecule has 102 valence electrons. The predicted octanol–water partition coefficient (Wildman–Crippen LogP) is 2.65. The molecule has 0 saturated heterocycles. The number of aromatic hydroxyl groups is 1. The molecule has 0 saturated carbocycles. The average Bonchev–Trinajstić information content (AvgIpc) is 2.35. The van der Waals surface area contributed by atoms with Crippen molar-refractivity contribution in [3.63, 3.8) is 0 Å². The van der Waals surface area contributed by atoms with E-state index in [0.717, 1.165) is 5.57 Å². The van der Waals surface area contributed by atoms with E-state index >= 15 is 0 Å². The Morgan fingerprint density at radius 3 is 2.53 bits per heavy atom. The number of carbonyl (C=O) groups excluding carboxylic acids is 2. The molecular weight excluding hydrogens is 244 g/mol. The van der Waals surface area contributed by atoms with Gasteiger partial charge in [0.2, 0.25) is 0 Å². The van der Waals surface area contributed by atoms with Crippen LogP contribution in [0.2, 0.25) is 0 Å². The molecule has 0 fully saturated rings. The van der Waals surface area contributed by atoms with Crippen LogP contribution >= 0.6 is 0 Å². The van der Waals surface area contributed by atoms with E-state index < -0.39 is 0 Å².